The van der Waals surface area contributed by atoms with Gasteiger partial charge in [-0.1, -0.05) is 22.5 Å². The third-order valence-corrected chi connectivity index (χ3v) is 2.35. The minimum Gasteiger partial charge on any atom is -0.461 e. The summed E-state index contributed by atoms with van der Waals surface area (Å²) < 4.78 is 4.76. The minimum atomic E-state index is -0.392. The molecule has 0 aliphatic heterocycles. The second-order valence-electron chi connectivity index (χ2n) is 2.13. The Morgan fingerprint density at radius 2 is 2.36 bits per heavy atom. The minimum absolute atomic E-state index is 0.168. The van der Waals surface area contributed by atoms with Crippen molar-refractivity contribution in [3.8, 4) is 0 Å². The number of halogens is 2. The first-order valence-corrected chi connectivity index (χ1v) is 4.66. The number of hydrogen-bond acceptors (Lipinski definition) is 2. The van der Waals surface area contributed by atoms with Crippen molar-refractivity contribution >= 4 is 33.5 Å². The van der Waals surface area contributed by atoms with Crippen molar-refractivity contribution in [1.82, 2.24) is 0 Å². The Balaban J connectivity index is 3.54. The van der Waals surface area contributed by atoms with E-state index in [1.54, 1.807) is 6.92 Å². The number of alkyl halides is 2. The molecule has 0 aromatic rings. The Morgan fingerprint density at radius 3 is 2.73 bits per heavy atom. The molecular weight excluding hydrogens is 231 g/mol. The molecule has 0 spiro atoms. The first-order chi connectivity index (χ1) is 5.07. The third kappa shape index (κ3) is 5.27. The van der Waals surface area contributed by atoms with Crippen LogP contribution in [-0.4, -0.2) is 23.3 Å². The van der Waals surface area contributed by atoms with E-state index in [1.165, 1.54) is 0 Å². The molecule has 0 fully saturated rings. The Morgan fingerprint density at radius 1 is 1.82 bits per heavy atom. The van der Waals surface area contributed by atoms with Gasteiger partial charge in [0.2, 0.25) is 0 Å². The van der Waals surface area contributed by atoms with Gasteiger partial charge in [-0.3, -0.25) is 0 Å². The fourth-order valence-electron chi connectivity index (χ4n) is 0.334. The molecule has 0 heterocycles. The Labute approximate surface area is 79.7 Å². The maximum absolute atomic E-state index is 10.8. The molecule has 0 bridgehead atoms. The van der Waals surface area contributed by atoms with Crippen LogP contribution in [0.25, 0.3) is 0 Å². The average molecular weight is 242 g/mol. The number of hydrogen-bond donors (Lipinski definition) is 0. The zero-order chi connectivity index (χ0) is 8.85. The van der Waals surface area contributed by atoms with Crippen LogP contribution in [0.15, 0.2) is 12.2 Å². The molecule has 0 aromatic carbocycles. The van der Waals surface area contributed by atoms with Crippen LogP contribution in [-0.2, 0) is 9.53 Å². The fourth-order valence-corrected chi connectivity index (χ4v) is 0.584. The highest BCUT2D eigenvalue weighted by Crippen LogP contribution is 2.02. The van der Waals surface area contributed by atoms with Crippen LogP contribution in [0, 0.1) is 0 Å². The van der Waals surface area contributed by atoms with Crippen molar-refractivity contribution < 1.29 is 9.53 Å². The highest BCUT2D eigenvalue weighted by Gasteiger charge is 2.07. The van der Waals surface area contributed by atoms with Crippen LogP contribution in [0.2, 0.25) is 0 Å². The van der Waals surface area contributed by atoms with Gasteiger partial charge in [0.1, 0.15) is 6.61 Å². The van der Waals surface area contributed by atoms with Gasteiger partial charge in [0, 0.05) is 10.9 Å². The van der Waals surface area contributed by atoms with Gasteiger partial charge in [-0.2, -0.15) is 0 Å². The smallest absolute Gasteiger partial charge is 0.333 e. The lowest BCUT2D eigenvalue weighted by Gasteiger charge is -2.06. The van der Waals surface area contributed by atoms with E-state index in [1.807, 2.05) is 0 Å². The molecule has 0 radical (unpaired) electrons. The summed E-state index contributed by atoms with van der Waals surface area (Å²) >= 11 is 8.82. The Kier molecular flexibility index (Phi) is 5.60. The van der Waals surface area contributed by atoms with E-state index in [4.69, 9.17) is 16.3 Å². The third-order valence-electron chi connectivity index (χ3n) is 0.911. The van der Waals surface area contributed by atoms with Crippen LogP contribution in [0.1, 0.15) is 6.92 Å². The van der Waals surface area contributed by atoms with Crippen LogP contribution in [0.4, 0.5) is 0 Å². The standard InChI is InChI=1S/C7H10BrClO2/c1-5(2)7(10)11-4-6(9)3-8/h6H,1,3-4H2,2H3. The molecule has 0 saturated heterocycles. The monoisotopic (exact) mass is 240 g/mol. The van der Waals surface area contributed by atoms with E-state index in [0.717, 1.165) is 0 Å². The number of carbonyl (C=O) groups excluding carboxylic acids is 1. The maximum Gasteiger partial charge on any atom is 0.333 e. The number of esters is 1. The lowest BCUT2D eigenvalue weighted by Crippen LogP contribution is -2.15. The summed E-state index contributed by atoms with van der Waals surface area (Å²) in [5.74, 6) is -0.392. The van der Waals surface area contributed by atoms with Gasteiger partial charge in [0.15, 0.2) is 0 Å². The quantitative estimate of drug-likeness (QED) is 0.428. The second-order valence-corrected chi connectivity index (χ2v) is 3.40. The van der Waals surface area contributed by atoms with E-state index in [0.29, 0.717) is 10.9 Å². The zero-order valence-corrected chi connectivity index (χ0v) is 8.61. The number of carbonyl (C=O) groups is 1. The summed E-state index contributed by atoms with van der Waals surface area (Å²) in [4.78, 5) is 10.8. The molecule has 0 aromatic heterocycles. The second kappa shape index (κ2) is 5.61. The highest BCUT2D eigenvalue weighted by molar-refractivity contribution is 9.09. The predicted molar refractivity (Wildman–Crippen MR) is 49.2 cm³/mol. The summed E-state index contributed by atoms with van der Waals surface area (Å²) in [6, 6.07) is 0. The molecule has 0 rings (SSSR count). The van der Waals surface area contributed by atoms with E-state index in [2.05, 4.69) is 22.5 Å². The van der Waals surface area contributed by atoms with Crippen LogP contribution in [0.5, 0.6) is 0 Å². The Hall–Kier alpha value is -0.0200. The van der Waals surface area contributed by atoms with Crippen molar-refractivity contribution in [2.75, 3.05) is 11.9 Å². The van der Waals surface area contributed by atoms with Crippen molar-refractivity contribution in [2.24, 2.45) is 0 Å². The first kappa shape index (κ1) is 11.0. The molecule has 11 heavy (non-hydrogen) atoms. The summed E-state index contributed by atoms with van der Waals surface area (Å²) in [7, 11) is 0. The molecule has 0 amide bonds. The van der Waals surface area contributed by atoms with E-state index in [9.17, 15) is 4.79 Å². The summed E-state index contributed by atoms with van der Waals surface area (Å²) in [6.07, 6.45) is 0. The normalized spacial score (nSPS) is 12.3. The molecular formula is C7H10BrClO2. The van der Waals surface area contributed by atoms with Crippen molar-refractivity contribution in [1.29, 1.82) is 0 Å². The van der Waals surface area contributed by atoms with E-state index < -0.39 is 5.97 Å². The van der Waals surface area contributed by atoms with E-state index >= 15 is 0 Å². The van der Waals surface area contributed by atoms with Gasteiger partial charge in [-0.15, -0.1) is 11.6 Å². The zero-order valence-electron chi connectivity index (χ0n) is 6.27. The molecule has 64 valence electrons. The molecule has 0 aliphatic carbocycles. The van der Waals surface area contributed by atoms with Crippen LogP contribution >= 0.6 is 27.5 Å². The fraction of sp³-hybridized carbons (Fsp3) is 0.571. The highest BCUT2D eigenvalue weighted by atomic mass is 79.9. The van der Waals surface area contributed by atoms with Crippen LogP contribution < -0.4 is 0 Å². The van der Waals surface area contributed by atoms with Crippen molar-refractivity contribution in [3.63, 3.8) is 0 Å². The van der Waals surface area contributed by atoms with Gasteiger partial charge < -0.3 is 4.74 Å². The average Bonchev–Trinajstić information content (AvgIpc) is 1.99. The van der Waals surface area contributed by atoms with Gasteiger partial charge in [-0.25, -0.2) is 4.79 Å². The SMILES string of the molecule is C=C(C)C(=O)OCC(Cl)CBr. The molecule has 1 unspecified atom stereocenters. The van der Waals surface area contributed by atoms with Crippen molar-refractivity contribution in [2.45, 2.75) is 12.3 Å². The largest absolute Gasteiger partial charge is 0.461 e. The molecule has 0 saturated carbocycles. The topological polar surface area (TPSA) is 26.3 Å². The Bertz CT molecular complexity index is 159. The maximum atomic E-state index is 10.8. The first-order valence-electron chi connectivity index (χ1n) is 3.10. The lowest BCUT2D eigenvalue weighted by molar-refractivity contribution is -0.138. The summed E-state index contributed by atoms with van der Waals surface area (Å²) in [6.45, 7) is 5.25. The van der Waals surface area contributed by atoms with Crippen molar-refractivity contribution in [3.05, 3.63) is 12.2 Å². The van der Waals surface area contributed by atoms with E-state index in [-0.39, 0.29) is 12.0 Å². The van der Waals surface area contributed by atoms with Gasteiger partial charge in [-0.05, 0) is 6.92 Å². The molecule has 0 aliphatic rings. The van der Waals surface area contributed by atoms with Gasteiger partial charge in [0.25, 0.3) is 0 Å². The number of rotatable bonds is 4. The molecule has 0 N–H and O–H groups in total. The van der Waals surface area contributed by atoms with Gasteiger partial charge >= 0.3 is 5.97 Å². The summed E-state index contributed by atoms with van der Waals surface area (Å²) in [5.41, 5.74) is 0.392. The molecule has 1 atom stereocenters. The molecule has 4 heteroatoms. The molecule has 2 nitrogen and oxygen atoms in total. The van der Waals surface area contributed by atoms with Crippen LogP contribution in [0.3, 0.4) is 0 Å². The lowest BCUT2D eigenvalue weighted by atomic mass is 10.4. The summed E-state index contributed by atoms with van der Waals surface area (Å²) in [5, 5.41) is 0.441. The number of ether oxygens (including phenoxy) is 1. The van der Waals surface area contributed by atoms with Gasteiger partial charge in [0.05, 0.1) is 5.38 Å². The predicted octanol–water partition coefficient (Wildman–Crippen LogP) is 2.11.